The predicted octanol–water partition coefficient (Wildman–Crippen LogP) is 2.97. The maximum absolute atomic E-state index is 11.6. The first-order valence-corrected chi connectivity index (χ1v) is 8.56. The molecule has 4 nitrogen and oxygen atoms in total. The van der Waals surface area contributed by atoms with E-state index in [1.54, 1.807) is 0 Å². The van der Waals surface area contributed by atoms with Crippen LogP contribution in [0.4, 0.5) is 5.69 Å². The van der Waals surface area contributed by atoms with Crippen LogP contribution in [0, 0.1) is 6.92 Å². The second-order valence-corrected chi connectivity index (χ2v) is 6.70. The van der Waals surface area contributed by atoms with Gasteiger partial charge in [0.1, 0.15) is 11.9 Å². The highest BCUT2D eigenvalue weighted by atomic mass is 16.5. The summed E-state index contributed by atoms with van der Waals surface area (Å²) in [4.78, 5) is 11.6. The molecule has 0 radical (unpaired) electrons. The lowest BCUT2D eigenvalue weighted by molar-refractivity contribution is -0.115. The Kier molecular flexibility index (Phi) is 3.98. The lowest BCUT2D eigenvalue weighted by atomic mass is 9.97. The monoisotopic (exact) mass is 322 g/mol. The minimum Gasteiger partial charge on any atom is -0.488 e. The Morgan fingerprint density at radius 3 is 2.88 bits per heavy atom. The Hall–Kier alpha value is -2.33. The molecule has 2 heterocycles. The molecule has 4 heteroatoms. The van der Waals surface area contributed by atoms with Gasteiger partial charge in [-0.1, -0.05) is 35.9 Å². The Morgan fingerprint density at radius 1 is 1.21 bits per heavy atom. The minimum atomic E-state index is 0.0571. The van der Waals surface area contributed by atoms with E-state index in [1.165, 1.54) is 16.7 Å². The molecule has 0 fully saturated rings. The van der Waals surface area contributed by atoms with Gasteiger partial charge in [-0.3, -0.25) is 4.79 Å². The van der Waals surface area contributed by atoms with E-state index in [1.807, 2.05) is 6.07 Å². The standard InChI is InChI=1S/C20H22N2O2/c1-13-2-4-14(5-3-13)11-21-12-16-8-6-15-7-9-18-17(20(15)24-16)10-19(23)22-18/h2-5,7,9,16,21H,6,8,10-12H2,1H3,(H,22,23)/t16-/m0/s1. The average molecular weight is 322 g/mol. The molecule has 124 valence electrons. The molecule has 0 aliphatic carbocycles. The summed E-state index contributed by atoms with van der Waals surface area (Å²) in [6.45, 7) is 3.76. The van der Waals surface area contributed by atoms with Gasteiger partial charge in [-0.15, -0.1) is 0 Å². The number of aryl methyl sites for hydroxylation is 2. The predicted molar refractivity (Wildman–Crippen MR) is 94.4 cm³/mol. The first kappa shape index (κ1) is 15.2. The zero-order valence-corrected chi connectivity index (χ0v) is 13.9. The second-order valence-electron chi connectivity index (χ2n) is 6.70. The fourth-order valence-corrected chi connectivity index (χ4v) is 3.44. The number of hydrogen-bond donors (Lipinski definition) is 2. The molecule has 24 heavy (non-hydrogen) atoms. The van der Waals surface area contributed by atoms with Crippen LogP contribution in [0.5, 0.6) is 5.75 Å². The molecule has 2 aromatic carbocycles. The molecule has 1 atom stereocenters. The highest BCUT2D eigenvalue weighted by Gasteiger charge is 2.28. The molecule has 0 saturated carbocycles. The summed E-state index contributed by atoms with van der Waals surface area (Å²) < 4.78 is 6.23. The van der Waals surface area contributed by atoms with Crippen LogP contribution >= 0.6 is 0 Å². The van der Waals surface area contributed by atoms with Crippen LogP contribution in [0.15, 0.2) is 36.4 Å². The molecular weight excluding hydrogens is 300 g/mol. The van der Waals surface area contributed by atoms with Gasteiger partial charge in [-0.25, -0.2) is 0 Å². The van der Waals surface area contributed by atoms with E-state index in [0.717, 1.165) is 42.9 Å². The number of hydrogen-bond acceptors (Lipinski definition) is 3. The number of ether oxygens (including phenoxy) is 1. The highest BCUT2D eigenvalue weighted by Crippen LogP contribution is 2.38. The summed E-state index contributed by atoms with van der Waals surface area (Å²) in [5, 5.41) is 6.39. The van der Waals surface area contributed by atoms with Gasteiger partial charge < -0.3 is 15.4 Å². The third-order valence-corrected chi connectivity index (χ3v) is 4.80. The van der Waals surface area contributed by atoms with E-state index < -0.39 is 0 Å². The lowest BCUT2D eigenvalue weighted by Gasteiger charge is -2.28. The number of fused-ring (bicyclic) bond motifs is 3. The van der Waals surface area contributed by atoms with Crippen LogP contribution in [-0.4, -0.2) is 18.6 Å². The molecule has 0 spiro atoms. The third kappa shape index (κ3) is 3.02. The van der Waals surface area contributed by atoms with Crippen molar-refractivity contribution in [2.45, 2.75) is 38.8 Å². The molecule has 0 aromatic heterocycles. The summed E-state index contributed by atoms with van der Waals surface area (Å²) in [6, 6.07) is 12.7. The van der Waals surface area contributed by atoms with Crippen molar-refractivity contribution in [3.05, 3.63) is 58.7 Å². The maximum Gasteiger partial charge on any atom is 0.229 e. The second kappa shape index (κ2) is 6.29. The zero-order chi connectivity index (χ0) is 16.5. The molecule has 2 aromatic rings. The molecule has 2 aliphatic heterocycles. The quantitative estimate of drug-likeness (QED) is 0.910. The summed E-state index contributed by atoms with van der Waals surface area (Å²) in [5.41, 5.74) is 5.73. The Bertz CT molecular complexity index is 768. The summed E-state index contributed by atoms with van der Waals surface area (Å²) in [5.74, 6) is 0.987. The number of nitrogens with one attached hydrogen (secondary N) is 2. The van der Waals surface area contributed by atoms with E-state index in [-0.39, 0.29) is 12.0 Å². The molecule has 1 amide bonds. The molecule has 0 unspecified atom stereocenters. The summed E-state index contributed by atoms with van der Waals surface area (Å²) >= 11 is 0. The molecule has 2 aliphatic rings. The summed E-state index contributed by atoms with van der Waals surface area (Å²) in [7, 11) is 0. The van der Waals surface area contributed by atoms with Crippen molar-refractivity contribution in [2.24, 2.45) is 0 Å². The first-order chi connectivity index (χ1) is 11.7. The fourth-order valence-electron chi connectivity index (χ4n) is 3.44. The van der Waals surface area contributed by atoms with Crippen LogP contribution in [0.1, 0.15) is 28.7 Å². The van der Waals surface area contributed by atoms with Crippen LogP contribution in [0.25, 0.3) is 0 Å². The minimum absolute atomic E-state index is 0.0571. The van der Waals surface area contributed by atoms with Crippen LogP contribution < -0.4 is 15.4 Å². The Labute approximate surface area is 142 Å². The van der Waals surface area contributed by atoms with Gasteiger partial charge in [0, 0.05) is 24.3 Å². The van der Waals surface area contributed by atoms with Gasteiger partial charge >= 0.3 is 0 Å². The lowest BCUT2D eigenvalue weighted by Crippen LogP contribution is -2.34. The van der Waals surface area contributed by atoms with Gasteiger partial charge in [0.2, 0.25) is 5.91 Å². The summed E-state index contributed by atoms with van der Waals surface area (Å²) in [6.07, 6.45) is 2.61. The van der Waals surface area contributed by atoms with Gasteiger partial charge in [-0.2, -0.15) is 0 Å². The van der Waals surface area contributed by atoms with Gasteiger partial charge in [0.25, 0.3) is 0 Å². The van der Waals surface area contributed by atoms with Crippen molar-refractivity contribution < 1.29 is 9.53 Å². The number of anilines is 1. The van der Waals surface area contributed by atoms with Gasteiger partial charge in [-0.05, 0) is 37.0 Å². The molecule has 0 bridgehead atoms. The van der Waals surface area contributed by atoms with E-state index in [4.69, 9.17) is 4.74 Å². The fraction of sp³-hybridized carbons (Fsp3) is 0.350. The molecule has 2 N–H and O–H groups in total. The number of amides is 1. The average Bonchev–Trinajstić information content (AvgIpc) is 2.97. The number of benzene rings is 2. The van der Waals surface area contributed by atoms with E-state index in [9.17, 15) is 4.79 Å². The Morgan fingerprint density at radius 2 is 2.04 bits per heavy atom. The number of carbonyl (C=O) groups excluding carboxylic acids is 1. The highest BCUT2D eigenvalue weighted by molar-refractivity contribution is 6.00. The topological polar surface area (TPSA) is 50.4 Å². The zero-order valence-electron chi connectivity index (χ0n) is 13.9. The largest absolute Gasteiger partial charge is 0.488 e. The van der Waals surface area contributed by atoms with Crippen molar-refractivity contribution in [1.29, 1.82) is 0 Å². The van der Waals surface area contributed by atoms with Crippen LogP contribution in [-0.2, 0) is 24.2 Å². The number of carbonyl (C=O) groups is 1. The third-order valence-electron chi connectivity index (χ3n) is 4.80. The molecule has 4 rings (SSSR count). The van der Waals surface area contributed by atoms with Crippen LogP contribution in [0.3, 0.4) is 0 Å². The van der Waals surface area contributed by atoms with Crippen LogP contribution in [0.2, 0.25) is 0 Å². The van der Waals surface area contributed by atoms with Gasteiger partial charge in [0.15, 0.2) is 0 Å². The van der Waals surface area contributed by atoms with Crippen molar-refractivity contribution >= 4 is 11.6 Å². The van der Waals surface area contributed by atoms with Crippen molar-refractivity contribution in [3.63, 3.8) is 0 Å². The van der Waals surface area contributed by atoms with Crippen molar-refractivity contribution in [3.8, 4) is 5.75 Å². The normalized spacial score (nSPS) is 18.5. The van der Waals surface area contributed by atoms with Crippen molar-refractivity contribution in [1.82, 2.24) is 5.32 Å². The van der Waals surface area contributed by atoms with E-state index >= 15 is 0 Å². The SMILES string of the molecule is Cc1ccc(CNC[C@@H]2CCc3ccc4c(c3O2)CC(=O)N4)cc1. The van der Waals surface area contributed by atoms with E-state index in [0.29, 0.717) is 6.42 Å². The first-order valence-electron chi connectivity index (χ1n) is 8.56. The smallest absolute Gasteiger partial charge is 0.229 e. The molecule has 0 saturated heterocycles. The molecular formula is C20H22N2O2. The number of rotatable bonds is 4. The van der Waals surface area contributed by atoms with E-state index in [2.05, 4.69) is 47.9 Å². The Balaban J connectivity index is 1.39. The van der Waals surface area contributed by atoms with Gasteiger partial charge in [0.05, 0.1) is 6.42 Å². The maximum atomic E-state index is 11.6. The van der Waals surface area contributed by atoms with Crippen molar-refractivity contribution in [2.75, 3.05) is 11.9 Å².